The second-order valence-corrected chi connectivity index (χ2v) is 3.69. The summed E-state index contributed by atoms with van der Waals surface area (Å²) in [5.41, 5.74) is 0.326. The minimum atomic E-state index is -0.463. The Kier molecular flexibility index (Phi) is 3.93. The summed E-state index contributed by atoms with van der Waals surface area (Å²) < 4.78 is 0.734. The quantitative estimate of drug-likeness (QED) is 0.642. The lowest BCUT2D eigenvalue weighted by atomic mass is 10.3. The van der Waals surface area contributed by atoms with Gasteiger partial charge in [-0.25, -0.2) is 9.86 Å². The van der Waals surface area contributed by atoms with E-state index >= 15 is 0 Å². The summed E-state index contributed by atoms with van der Waals surface area (Å²) in [7, 11) is 2.84. The molecule has 0 aliphatic carbocycles. The molecule has 0 saturated heterocycles. The molecule has 0 atom stereocenters. The van der Waals surface area contributed by atoms with Crippen LogP contribution in [-0.2, 0) is 4.84 Å². The number of anilines is 1. The van der Waals surface area contributed by atoms with E-state index in [0.29, 0.717) is 5.69 Å². The largest absolute Gasteiger partial charge is 0.506 e. The molecule has 6 heteroatoms. The fourth-order valence-electron chi connectivity index (χ4n) is 0.887. The first-order valence-corrected chi connectivity index (χ1v) is 4.91. The number of hydrogen-bond donors (Lipinski definition) is 2. The van der Waals surface area contributed by atoms with E-state index in [0.717, 1.165) is 9.54 Å². The molecule has 5 nitrogen and oxygen atoms in total. The first-order chi connectivity index (χ1) is 7.04. The van der Waals surface area contributed by atoms with E-state index in [1.807, 2.05) is 0 Å². The number of urea groups is 1. The van der Waals surface area contributed by atoms with Crippen molar-refractivity contribution in [3.8, 4) is 5.75 Å². The Morgan fingerprint density at radius 2 is 2.27 bits per heavy atom. The first-order valence-electron chi connectivity index (χ1n) is 4.12. The van der Waals surface area contributed by atoms with E-state index in [1.165, 1.54) is 20.2 Å². The summed E-state index contributed by atoms with van der Waals surface area (Å²) in [5.74, 6) is -0.0118. The Morgan fingerprint density at radius 3 is 2.80 bits per heavy atom. The Labute approximate surface area is 95.7 Å². The van der Waals surface area contributed by atoms with Gasteiger partial charge in [0.05, 0.1) is 12.8 Å². The van der Waals surface area contributed by atoms with Gasteiger partial charge >= 0.3 is 6.03 Å². The summed E-state index contributed by atoms with van der Waals surface area (Å²) >= 11 is 3.20. The van der Waals surface area contributed by atoms with Crippen LogP contribution in [0.15, 0.2) is 22.7 Å². The summed E-state index contributed by atoms with van der Waals surface area (Å²) in [4.78, 5) is 16.0. The maximum Gasteiger partial charge on any atom is 0.345 e. The lowest BCUT2D eigenvalue weighted by Gasteiger charge is -2.15. The van der Waals surface area contributed by atoms with Crippen LogP contribution >= 0.6 is 15.9 Å². The van der Waals surface area contributed by atoms with Gasteiger partial charge in [0.2, 0.25) is 0 Å². The third-order valence-corrected chi connectivity index (χ3v) is 2.25. The number of phenolic OH excluding ortho intramolecular Hbond substituents is 1. The van der Waals surface area contributed by atoms with E-state index in [-0.39, 0.29) is 5.75 Å². The van der Waals surface area contributed by atoms with Crippen molar-refractivity contribution < 1.29 is 14.7 Å². The van der Waals surface area contributed by atoms with Gasteiger partial charge in [0.25, 0.3) is 0 Å². The number of nitrogens with zero attached hydrogens (tertiary/aromatic N) is 1. The van der Waals surface area contributed by atoms with Gasteiger partial charge in [0, 0.05) is 11.5 Å². The van der Waals surface area contributed by atoms with E-state index in [1.54, 1.807) is 12.1 Å². The molecule has 0 radical (unpaired) electrons. The highest BCUT2D eigenvalue weighted by molar-refractivity contribution is 9.10. The van der Waals surface area contributed by atoms with Gasteiger partial charge in [-0.3, -0.25) is 4.84 Å². The molecule has 1 rings (SSSR count). The summed E-state index contributed by atoms with van der Waals surface area (Å²) in [6, 6.07) is 4.32. The van der Waals surface area contributed by atoms with Crippen LogP contribution in [0.4, 0.5) is 10.5 Å². The summed E-state index contributed by atoms with van der Waals surface area (Å²) in [6.07, 6.45) is 0. The summed E-state index contributed by atoms with van der Waals surface area (Å²) in [6.45, 7) is 0. The van der Waals surface area contributed by atoms with Crippen molar-refractivity contribution in [1.29, 1.82) is 0 Å². The second kappa shape index (κ2) is 4.99. The monoisotopic (exact) mass is 274 g/mol. The van der Waals surface area contributed by atoms with Crippen LogP contribution in [0.5, 0.6) is 5.75 Å². The number of hydroxylamine groups is 2. The van der Waals surface area contributed by atoms with Crippen molar-refractivity contribution >= 4 is 27.6 Å². The Bertz CT molecular complexity index is 370. The number of benzene rings is 1. The molecule has 1 aromatic carbocycles. The van der Waals surface area contributed by atoms with E-state index in [2.05, 4.69) is 26.1 Å². The number of nitrogens with one attached hydrogen (secondary N) is 1. The SMILES string of the molecule is CON(C)C(=O)Nc1ccc(Br)cc1O. The predicted octanol–water partition coefficient (Wildman–Crippen LogP) is 2.18. The molecule has 0 aliphatic rings. The number of carbonyl (C=O) groups is 1. The molecule has 0 saturated carbocycles. The molecule has 0 aromatic heterocycles. The third kappa shape index (κ3) is 3.10. The molecule has 2 N–H and O–H groups in total. The molecule has 2 amide bonds. The molecule has 0 bridgehead atoms. The van der Waals surface area contributed by atoms with Crippen LogP contribution < -0.4 is 5.32 Å². The Balaban J connectivity index is 2.77. The Morgan fingerprint density at radius 1 is 1.60 bits per heavy atom. The standard InChI is InChI=1S/C9H11BrN2O3/c1-12(15-2)9(14)11-7-4-3-6(10)5-8(7)13/h3-5,13H,1-2H3,(H,11,14). The normalized spacial score (nSPS) is 9.80. The van der Waals surface area contributed by atoms with Crippen LogP contribution in [0.25, 0.3) is 0 Å². The van der Waals surface area contributed by atoms with Gasteiger partial charge in [-0.2, -0.15) is 0 Å². The molecule has 1 aromatic rings. The zero-order valence-corrected chi connectivity index (χ0v) is 9.91. The molecule has 0 fully saturated rings. The average molecular weight is 275 g/mol. The highest BCUT2D eigenvalue weighted by Crippen LogP contribution is 2.26. The molecule has 15 heavy (non-hydrogen) atoms. The maximum absolute atomic E-state index is 11.3. The zero-order chi connectivity index (χ0) is 11.4. The van der Waals surface area contributed by atoms with Crippen molar-refractivity contribution in [2.45, 2.75) is 0 Å². The van der Waals surface area contributed by atoms with Gasteiger partial charge in [-0.15, -0.1) is 0 Å². The van der Waals surface area contributed by atoms with Gasteiger partial charge in [0.15, 0.2) is 0 Å². The zero-order valence-electron chi connectivity index (χ0n) is 8.32. The number of carbonyl (C=O) groups excluding carboxylic acids is 1. The topological polar surface area (TPSA) is 61.8 Å². The lowest BCUT2D eigenvalue weighted by molar-refractivity contribution is -0.0598. The van der Waals surface area contributed by atoms with Gasteiger partial charge in [-0.1, -0.05) is 15.9 Å². The fraction of sp³-hybridized carbons (Fsp3) is 0.222. The molecule has 82 valence electrons. The number of halogens is 1. The van der Waals surface area contributed by atoms with Crippen molar-refractivity contribution in [2.24, 2.45) is 0 Å². The molecular weight excluding hydrogens is 264 g/mol. The van der Waals surface area contributed by atoms with Crippen LogP contribution in [-0.4, -0.2) is 30.4 Å². The van der Waals surface area contributed by atoms with E-state index in [4.69, 9.17) is 0 Å². The van der Waals surface area contributed by atoms with Gasteiger partial charge < -0.3 is 10.4 Å². The lowest BCUT2D eigenvalue weighted by Crippen LogP contribution is -2.30. The van der Waals surface area contributed by atoms with Crippen LogP contribution in [0.3, 0.4) is 0 Å². The molecular formula is C9H11BrN2O3. The molecule has 0 heterocycles. The second-order valence-electron chi connectivity index (χ2n) is 2.77. The van der Waals surface area contributed by atoms with E-state index < -0.39 is 6.03 Å². The highest BCUT2D eigenvalue weighted by atomic mass is 79.9. The number of aromatic hydroxyl groups is 1. The average Bonchev–Trinajstić information content (AvgIpc) is 2.20. The van der Waals surface area contributed by atoms with Crippen molar-refractivity contribution in [3.05, 3.63) is 22.7 Å². The highest BCUT2D eigenvalue weighted by Gasteiger charge is 2.10. The number of amides is 2. The molecule has 0 unspecified atom stereocenters. The maximum atomic E-state index is 11.3. The first kappa shape index (κ1) is 11.8. The summed E-state index contributed by atoms with van der Waals surface area (Å²) in [5, 5.41) is 13.0. The minimum Gasteiger partial charge on any atom is -0.506 e. The van der Waals surface area contributed by atoms with E-state index in [9.17, 15) is 9.90 Å². The van der Waals surface area contributed by atoms with Gasteiger partial charge in [-0.05, 0) is 18.2 Å². The number of rotatable bonds is 2. The Hall–Kier alpha value is -1.27. The molecule has 0 spiro atoms. The predicted molar refractivity (Wildman–Crippen MR) is 59.6 cm³/mol. The van der Waals surface area contributed by atoms with Crippen molar-refractivity contribution in [3.63, 3.8) is 0 Å². The van der Waals surface area contributed by atoms with Crippen LogP contribution in [0.1, 0.15) is 0 Å². The molecule has 0 aliphatic heterocycles. The third-order valence-electron chi connectivity index (χ3n) is 1.76. The number of hydrogen-bond acceptors (Lipinski definition) is 3. The fourth-order valence-corrected chi connectivity index (χ4v) is 1.24. The van der Waals surface area contributed by atoms with Crippen molar-refractivity contribution in [2.75, 3.05) is 19.5 Å². The number of phenols is 1. The smallest absolute Gasteiger partial charge is 0.345 e. The van der Waals surface area contributed by atoms with Crippen LogP contribution in [0, 0.1) is 0 Å². The van der Waals surface area contributed by atoms with Crippen LogP contribution in [0.2, 0.25) is 0 Å². The van der Waals surface area contributed by atoms with Crippen molar-refractivity contribution in [1.82, 2.24) is 5.06 Å². The minimum absolute atomic E-state index is 0.0118. The van der Waals surface area contributed by atoms with Gasteiger partial charge in [0.1, 0.15) is 5.75 Å².